The van der Waals surface area contributed by atoms with Crippen molar-refractivity contribution in [1.82, 2.24) is 5.32 Å². The zero-order valence-electron chi connectivity index (χ0n) is 13.1. The van der Waals surface area contributed by atoms with Crippen molar-refractivity contribution >= 4 is 17.5 Å². The van der Waals surface area contributed by atoms with Gasteiger partial charge < -0.3 is 15.8 Å². The minimum atomic E-state index is -0.504. The highest BCUT2D eigenvalue weighted by Gasteiger charge is 2.30. The molecule has 2 rings (SSSR count). The fraction of sp³-hybridized carbons (Fsp3) is 0.562. The summed E-state index contributed by atoms with van der Waals surface area (Å²) in [6.07, 6.45) is 1.55. The Morgan fingerprint density at radius 2 is 1.81 bits per heavy atom. The second-order valence-electron chi connectivity index (χ2n) is 6.42. The number of nitrogens with zero attached hydrogens (tertiary/aromatic N) is 1. The molecule has 0 radical (unpaired) electrons. The molecule has 0 atom stereocenters. The number of rotatable bonds is 2. The molecule has 1 aromatic carbocycles. The van der Waals surface area contributed by atoms with Crippen LogP contribution >= 0.6 is 0 Å². The van der Waals surface area contributed by atoms with Gasteiger partial charge in [-0.2, -0.15) is 0 Å². The highest BCUT2D eigenvalue weighted by Crippen LogP contribution is 2.25. The van der Waals surface area contributed by atoms with Crippen LogP contribution in [0.3, 0.4) is 0 Å². The summed E-state index contributed by atoms with van der Waals surface area (Å²) in [5.74, 6) is 0. The van der Waals surface area contributed by atoms with Crippen LogP contribution in [0.1, 0.15) is 33.6 Å². The molecule has 0 aliphatic carbocycles. The van der Waals surface area contributed by atoms with Crippen LogP contribution in [0.5, 0.6) is 0 Å². The molecule has 0 aromatic heterocycles. The summed E-state index contributed by atoms with van der Waals surface area (Å²) in [4.78, 5) is 14.4. The first kappa shape index (κ1) is 15.6. The number of ether oxygens (including phenoxy) is 1. The van der Waals surface area contributed by atoms with Gasteiger partial charge in [-0.1, -0.05) is 0 Å². The van der Waals surface area contributed by atoms with Crippen molar-refractivity contribution < 1.29 is 9.53 Å². The molecule has 3 N–H and O–H groups in total. The van der Waals surface area contributed by atoms with Crippen LogP contribution in [-0.2, 0) is 4.74 Å². The fourth-order valence-electron chi connectivity index (χ4n) is 2.48. The van der Waals surface area contributed by atoms with Crippen molar-refractivity contribution in [2.75, 3.05) is 23.7 Å². The molecular formula is C16H25N3O2. The van der Waals surface area contributed by atoms with E-state index in [1.165, 1.54) is 0 Å². The number of amides is 1. The van der Waals surface area contributed by atoms with E-state index in [1.807, 2.05) is 45.0 Å². The molecule has 5 heteroatoms. The molecule has 1 saturated heterocycles. The Morgan fingerprint density at radius 1 is 1.24 bits per heavy atom. The van der Waals surface area contributed by atoms with Crippen molar-refractivity contribution in [3.63, 3.8) is 0 Å². The van der Waals surface area contributed by atoms with E-state index < -0.39 is 5.60 Å². The van der Waals surface area contributed by atoms with Crippen LogP contribution in [0.25, 0.3) is 0 Å². The predicted octanol–water partition coefficient (Wildman–Crippen LogP) is 2.76. The number of hydrogen-bond donors (Lipinski definition) is 2. The first-order valence-corrected chi connectivity index (χ1v) is 7.45. The van der Waals surface area contributed by atoms with E-state index in [2.05, 4.69) is 5.32 Å². The minimum absolute atomic E-state index is 0.157. The number of nitrogen functional groups attached to an aromatic ring is 1. The first-order valence-electron chi connectivity index (χ1n) is 7.45. The largest absolute Gasteiger partial charge is 0.443 e. The lowest BCUT2D eigenvalue weighted by Crippen LogP contribution is -2.48. The monoisotopic (exact) mass is 291 g/mol. The summed E-state index contributed by atoms with van der Waals surface area (Å²) in [5, 5.41) is 3.32. The molecule has 0 unspecified atom stereocenters. The molecular weight excluding hydrogens is 266 g/mol. The van der Waals surface area contributed by atoms with Gasteiger partial charge in [-0.05, 0) is 71.0 Å². The Labute approximate surface area is 126 Å². The number of carbonyl (C=O) groups is 1. The van der Waals surface area contributed by atoms with Gasteiger partial charge in [0.15, 0.2) is 0 Å². The topological polar surface area (TPSA) is 67.6 Å². The van der Waals surface area contributed by atoms with Crippen molar-refractivity contribution in [2.45, 2.75) is 45.3 Å². The zero-order valence-corrected chi connectivity index (χ0v) is 13.1. The van der Waals surface area contributed by atoms with Crippen LogP contribution in [0.2, 0.25) is 0 Å². The van der Waals surface area contributed by atoms with Crippen LogP contribution < -0.4 is 16.0 Å². The molecule has 1 amide bonds. The van der Waals surface area contributed by atoms with Gasteiger partial charge >= 0.3 is 6.09 Å². The summed E-state index contributed by atoms with van der Waals surface area (Å²) >= 11 is 0. The van der Waals surface area contributed by atoms with Crippen LogP contribution in [0.15, 0.2) is 24.3 Å². The molecule has 1 aliphatic heterocycles. The standard InChI is InChI=1S/C16H25N3O2/c1-16(2,3)21-15(20)19(14-8-10-18-11-9-14)13-6-4-12(17)5-7-13/h4-7,14,18H,8-11,17H2,1-3H3. The predicted molar refractivity (Wildman–Crippen MR) is 85.5 cm³/mol. The molecule has 1 heterocycles. The summed E-state index contributed by atoms with van der Waals surface area (Å²) in [7, 11) is 0. The average molecular weight is 291 g/mol. The SMILES string of the molecule is CC(C)(C)OC(=O)N(c1ccc(N)cc1)C1CCNCC1. The van der Waals surface area contributed by atoms with E-state index in [0.29, 0.717) is 5.69 Å². The number of anilines is 2. The summed E-state index contributed by atoms with van der Waals surface area (Å²) in [6.45, 7) is 7.48. The lowest BCUT2D eigenvalue weighted by Gasteiger charge is -2.35. The molecule has 116 valence electrons. The highest BCUT2D eigenvalue weighted by atomic mass is 16.6. The van der Waals surface area contributed by atoms with Gasteiger partial charge in [-0.3, -0.25) is 4.90 Å². The molecule has 1 aliphatic rings. The zero-order chi connectivity index (χ0) is 15.5. The smallest absolute Gasteiger partial charge is 0.415 e. The van der Waals surface area contributed by atoms with Crippen molar-refractivity contribution in [1.29, 1.82) is 0 Å². The van der Waals surface area contributed by atoms with Crippen LogP contribution in [-0.4, -0.2) is 30.8 Å². The maximum Gasteiger partial charge on any atom is 0.415 e. The average Bonchev–Trinajstić information content (AvgIpc) is 2.40. The second-order valence-corrected chi connectivity index (χ2v) is 6.42. The van der Waals surface area contributed by atoms with Crippen molar-refractivity contribution in [3.05, 3.63) is 24.3 Å². The molecule has 1 aromatic rings. The van der Waals surface area contributed by atoms with Gasteiger partial charge in [0.25, 0.3) is 0 Å². The maximum atomic E-state index is 12.6. The maximum absolute atomic E-state index is 12.6. The molecule has 21 heavy (non-hydrogen) atoms. The van der Waals surface area contributed by atoms with Gasteiger partial charge in [-0.25, -0.2) is 4.79 Å². The lowest BCUT2D eigenvalue weighted by molar-refractivity contribution is 0.0559. The minimum Gasteiger partial charge on any atom is -0.443 e. The van der Waals surface area contributed by atoms with E-state index in [-0.39, 0.29) is 12.1 Å². The Bertz CT molecular complexity index is 473. The Balaban J connectivity index is 2.24. The normalized spacial score (nSPS) is 16.5. The van der Waals surface area contributed by atoms with Crippen molar-refractivity contribution in [3.8, 4) is 0 Å². The first-order chi connectivity index (χ1) is 9.87. The highest BCUT2D eigenvalue weighted by molar-refractivity contribution is 5.88. The van der Waals surface area contributed by atoms with E-state index in [0.717, 1.165) is 31.6 Å². The van der Waals surface area contributed by atoms with Crippen LogP contribution in [0, 0.1) is 0 Å². The van der Waals surface area contributed by atoms with Gasteiger partial charge in [0.05, 0.1) is 0 Å². The molecule has 1 fully saturated rings. The Morgan fingerprint density at radius 3 is 2.33 bits per heavy atom. The van der Waals surface area contributed by atoms with E-state index in [4.69, 9.17) is 10.5 Å². The fourth-order valence-corrected chi connectivity index (χ4v) is 2.48. The number of carbonyl (C=O) groups excluding carboxylic acids is 1. The third kappa shape index (κ3) is 4.36. The molecule has 5 nitrogen and oxygen atoms in total. The number of benzene rings is 1. The van der Waals surface area contributed by atoms with Gasteiger partial charge in [0.2, 0.25) is 0 Å². The number of nitrogens with one attached hydrogen (secondary N) is 1. The molecule has 0 bridgehead atoms. The summed E-state index contributed by atoms with van der Waals surface area (Å²) in [5.41, 5.74) is 6.76. The Kier molecular flexibility index (Phi) is 4.73. The summed E-state index contributed by atoms with van der Waals surface area (Å²) < 4.78 is 5.57. The Hall–Kier alpha value is -1.75. The lowest BCUT2D eigenvalue weighted by atomic mass is 10.0. The van der Waals surface area contributed by atoms with Gasteiger partial charge in [-0.15, -0.1) is 0 Å². The van der Waals surface area contributed by atoms with E-state index in [9.17, 15) is 4.79 Å². The number of nitrogens with two attached hydrogens (primary N) is 1. The molecule has 0 saturated carbocycles. The number of hydrogen-bond acceptors (Lipinski definition) is 4. The summed E-state index contributed by atoms with van der Waals surface area (Å²) in [6, 6.07) is 7.54. The quantitative estimate of drug-likeness (QED) is 0.822. The van der Waals surface area contributed by atoms with Crippen molar-refractivity contribution in [2.24, 2.45) is 0 Å². The van der Waals surface area contributed by atoms with Gasteiger partial charge in [0.1, 0.15) is 5.60 Å². The van der Waals surface area contributed by atoms with Gasteiger partial charge in [0, 0.05) is 17.4 Å². The van der Waals surface area contributed by atoms with E-state index >= 15 is 0 Å². The third-order valence-electron chi connectivity index (χ3n) is 3.44. The number of piperidine rings is 1. The van der Waals surface area contributed by atoms with E-state index in [1.54, 1.807) is 4.90 Å². The molecule has 0 spiro atoms. The third-order valence-corrected chi connectivity index (χ3v) is 3.44. The second kappa shape index (κ2) is 6.35. The van der Waals surface area contributed by atoms with Crippen LogP contribution in [0.4, 0.5) is 16.2 Å².